The highest BCUT2D eigenvalue weighted by molar-refractivity contribution is 7.90. The number of aromatic nitrogens is 1. The van der Waals surface area contributed by atoms with Gasteiger partial charge < -0.3 is 5.11 Å². The summed E-state index contributed by atoms with van der Waals surface area (Å²) in [5.41, 5.74) is 1.70. The molecule has 2 rings (SSSR count). The molecule has 0 amide bonds. The number of sulfone groups is 1. The summed E-state index contributed by atoms with van der Waals surface area (Å²) in [7, 11) is -3.34. The van der Waals surface area contributed by atoms with E-state index >= 15 is 0 Å². The first-order valence-corrected chi connectivity index (χ1v) is 7.68. The Kier molecular flexibility index (Phi) is 3.59. The maximum atomic E-state index is 11.6. The molecule has 0 fully saturated rings. The van der Waals surface area contributed by atoms with Crippen LogP contribution in [0.1, 0.15) is 16.1 Å². The fourth-order valence-corrected chi connectivity index (χ4v) is 2.53. The quantitative estimate of drug-likeness (QED) is 0.936. The summed E-state index contributed by atoms with van der Waals surface area (Å²) < 4.78 is 23.1. The van der Waals surface area contributed by atoms with Gasteiger partial charge in [-0.3, -0.25) is 4.98 Å². The Morgan fingerprint density at radius 3 is 2.55 bits per heavy atom. The minimum absolute atomic E-state index is 0.0428. The summed E-state index contributed by atoms with van der Waals surface area (Å²) in [5.74, 6) is -1.10. The van der Waals surface area contributed by atoms with Crippen LogP contribution in [0.15, 0.2) is 41.4 Å². The molecule has 0 bridgehead atoms. The van der Waals surface area contributed by atoms with Crippen LogP contribution in [-0.2, 0) is 9.84 Å². The molecule has 1 heterocycles. The molecule has 0 radical (unpaired) electrons. The highest BCUT2D eigenvalue weighted by Crippen LogP contribution is 2.26. The molecular formula is C14H13NO4S. The maximum absolute atomic E-state index is 11.6. The Hall–Kier alpha value is -2.21. The van der Waals surface area contributed by atoms with E-state index < -0.39 is 15.8 Å². The molecule has 0 aliphatic carbocycles. The second-order valence-corrected chi connectivity index (χ2v) is 6.49. The number of carboxylic acid groups (broad SMARTS) is 1. The number of hydrogen-bond acceptors (Lipinski definition) is 4. The van der Waals surface area contributed by atoms with Crippen molar-refractivity contribution in [2.75, 3.05) is 6.26 Å². The monoisotopic (exact) mass is 291 g/mol. The molecule has 2 aromatic rings. The molecular weight excluding hydrogens is 278 g/mol. The average Bonchev–Trinajstić information content (AvgIpc) is 2.37. The van der Waals surface area contributed by atoms with E-state index in [0.717, 1.165) is 6.26 Å². The third-order valence-corrected chi connectivity index (χ3v) is 3.95. The number of aryl methyl sites for hydroxylation is 1. The molecule has 5 nitrogen and oxygen atoms in total. The molecule has 1 N–H and O–H groups in total. The van der Waals surface area contributed by atoms with Crippen molar-refractivity contribution in [1.82, 2.24) is 4.98 Å². The fourth-order valence-electron chi connectivity index (χ4n) is 1.86. The number of nitrogens with zero attached hydrogens (tertiary/aromatic N) is 1. The van der Waals surface area contributed by atoms with Gasteiger partial charge in [0.1, 0.15) is 0 Å². The van der Waals surface area contributed by atoms with Gasteiger partial charge >= 0.3 is 5.97 Å². The van der Waals surface area contributed by atoms with Crippen molar-refractivity contribution >= 4 is 15.8 Å². The van der Waals surface area contributed by atoms with Gasteiger partial charge in [-0.05, 0) is 36.2 Å². The van der Waals surface area contributed by atoms with Gasteiger partial charge in [-0.25, -0.2) is 13.2 Å². The molecule has 20 heavy (non-hydrogen) atoms. The van der Waals surface area contributed by atoms with Crippen LogP contribution < -0.4 is 0 Å². The van der Waals surface area contributed by atoms with Gasteiger partial charge in [0.2, 0.25) is 0 Å². The summed E-state index contributed by atoms with van der Waals surface area (Å²) in [6, 6.07) is 7.84. The summed E-state index contributed by atoms with van der Waals surface area (Å²) in [6.45, 7) is 1.75. The predicted octanol–water partition coefficient (Wildman–Crippen LogP) is 2.16. The van der Waals surface area contributed by atoms with Crippen LogP contribution in [-0.4, -0.2) is 30.7 Å². The van der Waals surface area contributed by atoms with E-state index in [9.17, 15) is 18.3 Å². The minimum Gasteiger partial charge on any atom is -0.478 e. The SMILES string of the molecule is Cc1cc(-c2cccc(S(C)(=O)=O)c2)c(C(=O)O)cn1. The highest BCUT2D eigenvalue weighted by Gasteiger charge is 2.15. The van der Waals surface area contributed by atoms with E-state index in [2.05, 4.69) is 4.98 Å². The van der Waals surface area contributed by atoms with Crippen molar-refractivity contribution in [1.29, 1.82) is 0 Å². The van der Waals surface area contributed by atoms with E-state index in [1.807, 2.05) is 0 Å². The lowest BCUT2D eigenvalue weighted by molar-refractivity contribution is 0.0697. The van der Waals surface area contributed by atoms with Crippen LogP contribution in [0.25, 0.3) is 11.1 Å². The van der Waals surface area contributed by atoms with E-state index in [1.54, 1.807) is 25.1 Å². The van der Waals surface area contributed by atoms with E-state index in [-0.39, 0.29) is 10.5 Å². The van der Waals surface area contributed by atoms with Crippen LogP contribution in [0.3, 0.4) is 0 Å². The third kappa shape index (κ3) is 2.85. The number of carboxylic acids is 1. The van der Waals surface area contributed by atoms with Gasteiger partial charge in [0.25, 0.3) is 0 Å². The van der Waals surface area contributed by atoms with Gasteiger partial charge in [0.05, 0.1) is 10.5 Å². The Morgan fingerprint density at radius 1 is 1.25 bits per heavy atom. The summed E-state index contributed by atoms with van der Waals surface area (Å²) in [4.78, 5) is 15.3. The molecule has 0 saturated heterocycles. The number of benzene rings is 1. The van der Waals surface area contributed by atoms with E-state index in [4.69, 9.17) is 0 Å². The van der Waals surface area contributed by atoms with Gasteiger partial charge in [-0.1, -0.05) is 12.1 Å². The Labute approximate surface area is 116 Å². The molecule has 104 valence electrons. The molecule has 0 spiro atoms. The van der Waals surface area contributed by atoms with Crippen molar-refractivity contribution in [3.05, 3.63) is 47.8 Å². The van der Waals surface area contributed by atoms with Crippen LogP contribution >= 0.6 is 0 Å². The molecule has 0 aliphatic rings. The maximum Gasteiger partial charge on any atom is 0.337 e. The second kappa shape index (κ2) is 5.05. The summed E-state index contributed by atoms with van der Waals surface area (Å²) in [5, 5.41) is 9.19. The fraction of sp³-hybridized carbons (Fsp3) is 0.143. The average molecular weight is 291 g/mol. The smallest absolute Gasteiger partial charge is 0.337 e. The Balaban J connectivity index is 2.68. The first-order chi connectivity index (χ1) is 9.29. The third-order valence-electron chi connectivity index (χ3n) is 2.84. The van der Waals surface area contributed by atoms with Crippen molar-refractivity contribution in [3.63, 3.8) is 0 Å². The highest BCUT2D eigenvalue weighted by atomic mass is 32.2. The minimum atomic E-state index is -3.34. The van der Waals surface area contributed by atoms with Crippen molar-refractivity contribution in [2.45, 2.75) is 11.8 Å². The lowest BCUT2D eigenvalue weighted by atomic mass is 10.0. The predicted molar refractivity (Wildman–Crippen MR) is 74.5 cm³/mol. The van der Waals surface area contributed by atoms with Crippen LogP contribution in [0.2, 0.25) is 0 Å². The number of carbonyl (C=O) groups is 1. The van der Waals surface area contributed by atoms with Gasteiger partial charge in [0.15, 0.2) is 9.84 Å². The summed E-state index contributed by atoms with van der Waals surface area (Å²) >= 11 is 0. The van der Waals surface area contributed by atoms with Crippen molar-refractivity contribution < 1.29 is 18.3 Å². The zero-order valence-electron chi connectivity index (χ0n) is 11.0. The normalized spacial score (nSPS) is 11.3. The van der Waals surface area contributed by atoms with E-state index in [0.29, 0.717) is 16.8 Å². The van der Waals surface area contributed by atoms with Gasteiger partial charge in [-0.15, -0.1) is 0 Å². The standard InChI is InChI=1S/C14H13NO4S/c1-9-6-12(13(8-15-9)14(16)17)10-4-3-5-11(7-10)20(2,18)19/h3-8H,1-2H3,(H,16,17). The molecule has 1 aromatic carbocycles. The van der Waals surface area contributed by atoms with Crippen LogP contribution in [0, 0.1) is 6.92 Å². The van der Waals surface area contributed by atoms with Crippen molar-refractivity contribution in [3.8, 4) is 11.1 Å². The van der Waals surface area contributed by atoms with Gasteiger partial charge in [0, 0.05) is 18.1 Å². The molecule has 1 aromatic heterocycles. The second-order valence-electron chi connectivity index (χ2n) is 4.48. The largest absolute Gasteiger partial charge is 0.478 e. The number of pyridine rings is 1. The topological polar surface area (TPSA) is 84.3 Å². The number of hydrogen-bond donors (Lipinski definition) is 1. The first kappa shape index (κ1) is 14.2. The summed E-state index contributed by atoms with van der Waals surface area (Å²) in [6.07, 6.45) is 2.39. The lowest BCUT2D eigenvalue weighted by Gasteiger charge is -2.08. The number of rotatable bonds is 3. The zero-order valence-corrected chi connectivity index (χ0v) is 11.8. The molecule has 0 saturated carbocycles. The molecule has 0 unspecified atom stereocenters. The molecule has 6 heteroatoms. The number of aromatic carboxylic acids is 1. The Bertz CT molecular complexity index is 782. The van der Waals surface area contributed by atoms with Gasteiger partial charge in [-0.2, -0.15) is 0 Å². The Morgan fingerprint density at radius 2 is 1.95 bits per heavy atom. The van der Waals surface area contributed by atoms with Crippen LogP contribution in [0.4, 0.5) is 0 Å². The molecule has 0 aliphatic heterocycles. The first-order valence-electron chi connectivity index (χ1n) is 5.79. The van der Waals surface area contributed by atoms with Crippen molar-refractivity contribution in [2.24, 2.45) is 0 Å². The zero-order chi connectivity index (χ0) is 14.9. The van der Waals surface area contributed by atoms with Crippen LogP contribution in [0.5, 0.6) is 0 Å². The molecule has 0 atom stereocenters. The van der Waals surface area contributed by atoms with E-state index in [1.165, 1.54) is 18.3 Å². The lowest BCUT2D eigenvalue weighted by Crippen LogP contribution is -2.02.